The van der Waals surface area contributed by atoms with Gasteiger partial charge in [0.2, 0.25) is 5.91 Å². The van der Waals surface area contributed by atoms with Crippen LogP contribution in [0.15, 0.2) is 48.6 Å². The predicted octanol–water partition coefficient (Wildman–Crippen LogP) is 5.18. The van der Waals surface area contributed by atoms with E-state index in [-0.39, 0.29) is 5.91 Å². The molecule has 1 amide bonds. The van der Waals surface area contributed by atoms with E-state index in [0.717, 1.165) is 97.5 Å². The number of ether oxygens (including phenoxy) is 2. The number of hydrogen-bond acceptors (Lipinski definition) is 11. The Labute approximate surface area is 314 Å². The van der Waals surface area contributed by atoms with Gasteiger partial charge in [-0.15, -0.1) is 0 Å². The van der Waals surface area contributed by atoms with Gasteiger partial charge in [0.05, 0.1) is 43.7 Å². The van der Waals surface area contributed by atoms with E-state index < -0.39 is 0 Å². The van der Waals surface area contributed by atoms with Gasteiger partial charge in [0, 0.05) is 82.0 Å². The van der Waals surface area contributed by atoms with Crippen LogP contribution in [0.3, 0.4) is 0 Å². The molecule has 0 unspecified atom stereocenters. The lowest BCUT2D eigenvalue weighted by Crippen LogP contribution is -2.49. The van der Waals surface area contributed by atoms with Crippen LogP contribution in [-0.4, -0.2) is 130 Å². The molecule has 0 radical (unpaired) electrons. The zero-order valence-corrected chi connectivity index (χ0v) is 32.2. The van der Waals surface area contributed by atoms with Crippen LogP contribution in [0, 0.1) is 11.3 Å². The number of fused-ring (bicyclic) bond motifs is 2. The molecule has 3 fully saturated rings. The SMILES string of the molecule is CC#N.CN1CCCC1.COc1nc2c(c(N3CCN(C(=O)/C=C/CN4CCOCC4)CC3)n1)CCN(c1cccc3cccc(Cl)c13)C2.CS. The van der Waals surface area contributed by atoms with Crippen LogP contribution in [0.4, 0.5) is 11.5 Å². The maximum atomic E-state index is 12.8. The predicted molar refractivity (Wildman–Crippen MR) is 210 cm³/mol. The number of likely N-dealkylation sites (tertiary alicyclic amines) is 1. The Kier molecular flexibility index (Phi) is 16.6. The zero-order chi connectivity index (χ0) is 36.6. The van der Waals surface area contributed by atoms with Gasteiger partial charge in [0.15, 0.2) is 0 Å². The minimum Gasteiger partial charge on any atom is -0.467 e. The maximum absolute atomic E-state index is 12.8. The van der Waals surface area contributed by atoms with Crippen LogP contribution in [0.25, 0.3) is 10.8 Å². The molecule has 4 aliphatic heterocycles. The highest BCUT2D eigenvalue weighted by Crippen LogP contribution is 2.37. The van der Waals surface area contributed by atoms with E-state index in [9.17, 15) is 4.79 Å². The summed E-state index contributed by atoms with van der Waals surface area (Å²) in [6.45, 7) is 12.4. The molecule has 0 spiro atoms. The Balaban J connectivity index is 0.000000463. The van der Waals surface area contributed by atoms with Gasteiger partial charge in [0.25, 0.3) is 0 Å². The number of nitriles is 1. The number of rotatable bonds is 6. The van der Waals surface area contributed by atoms with Crippen LogP contribution in [0.5, 0.6) is 6.01 Å². The van der Waals surface area contributed by atoms with Crippen molar-refractivity contribution in [1.29, 1.82) is 5.26 Å². The number of benzene rings is 2. The van der Waals surface area contributed by atoms with Crippen molar-refractivity contribution in [3.63, 3.8) is 0 Å². The summed E-state index contributed by atoms with van der Waals surface area (Å²) in [6.07, 6.45) is 9.03. The van der Waals surface area contributed by atoms with Crippen LogP contribution in [0.1, 0.15) is 31.0 Å². The summed E-state index contributed by atoms with van der Waals surface area (Å²) in [4.78, 5) is 33.6. The van der Waals surface area contributed by atoms with Crippen molar-refractivity contribution in [2.75, 3.05) is 109 Å². The van der Waals surface area contributed by atoms with Crippen molar-refractivity contribution in [1.82, 2.24) is 24.7 Å². The van der Waals surface area contributed by atoms with Gasteiger partial charge in [-0.2, -0.15) is 27.9 Å². The molecule has 2 aromatic carbocycles. The lowest BCUT2D eigenvalue weighted by molar-refractivity contribution is -0.126. The van der Waals surface area contributed by atoms with Gasteiger partial charge in [0.1, 0.15) is 5.82 Å². The third-order valence-corrected chi connectivity index (χ3v) is 9.64. The zero-order valence-electron chi connectivity index (χ0n) is 30.6. The quantitative estimate of drug-likeness (QED) is 0.269. The Hall–Kier alpha value is -3.60. The average molecular weight is 737 g/mol. The minimum absolute atomic E-state index is 0.0691. The molecule has 0 bridgehead atoms. The number of aromatic nitrogens is 2. The first kappa shape index (κ1) is 40.2. The molecule has 7 rings (SSSR count). The molecule has 0 saturated carbocycles. The second kappa shape index (κ2) is 21.1. The Morgan fingerprint density at radius 1 is 0.980 bits per heavy atom. The standard InChI is InChI=1S/C30H35ClN6O3.C5H11N.C2H3N.CH4S/c1-39-30-32-25-21-37(26-8-3-6-22-5-2-7-24(31)28(22)26)12-10-23(25)29(33-30)36-15-13-35(14-16-36)27(38)9-4-11-34-17-19-40-20-18-34;1-6-4-2-3-5-6;1-2-3;1-2/h2-9H,10-21H2,1H3;2-5H2,1H3;1H3;2H,1H3/b9-4+;;;. The molecule has 5 heterocycles. The van der Waals surface area contributed by atoms with Crippen molar-refractivity contribution >= 4 is 52.4 Å². The topological polar surface area (TPSA) is 101 Å². The molecule has 1 aromatic heterocycles. The van der Waals surface area contributed by atoms with Crippen molar-refractivity contribution < 1.29 is 14.3 Å². The van der Waals surface area contributed by atoms with Crippen molar-refractivity contribution in [3.8, 4) is 12.1 Å². The second-order valence-electron chi connectivity index (χ2n) is 12.6. The fourth-order valence-corrected chi connectivity index (χ4v) is 6.97. The highest BCUT2D eigenvalue weighted by molar-refractivity contribution is 7.79. The summed E-state index contributed by atoms with van der Waals surface area (Å²) in [6, 6.07) is 14.4. The normalized spacial score (nSPS) is 17.7. The lowest BCUT2D eigenvalue weighted by Gasteiger charge is -2.38. The number of methoxy groups -OCH3 is 1. The van der Waals surface area contributed by atoms with Crippen molar-refractivity contribution in [3.05, 3.63) is 64.8 Å². The number of morpholine rings is 1. The minimum atomic E-state index is 0.0691. The molecule has 4 aliphatic rings. The summed E-state index contributed by atoms with van der Waals surface area (Å²) in [7, 11) is 3.78. The number of carbonyl (C=O) groups excluding carboxylic acids is 1. The molecule has 51 heavy (non-hydrogen) atoms. The van der Waals surface area contributed by atoms with E-state index in [4.69, 9.17) is 36.3 Å². The smallest absolute Gasteiger partial charge is 0.318 e. The van der Waals surface area contributed by atoms with Gasteiger partial charge in [-0.05, 0) is 63.2 Å². The summed E-state index contributed by atoms with van der Waals surface area (Å²) in [5.41, 5.74) is 3.25. The first-order chi connectivity index (χ1) is 24.9. The Bertz CT molecular complexity index is 1610. The number of thiol groups is 1. The molecular formula is C38H53ClN8O3S. The van der Waals surface area contributed by atoms with Gasteiger partial charge in [-0.1, -0.05) is 41.9 Å². The van der Waals surface area contributed by atoms with E-state index in [0.29, 0.717) is 25.6 Å². The number of hydrogen-bond donors (Lipinski definition) is 1. The molecule has 11 nitrogen and oxygen atoms in total. The van der Waals surface area contributed by atoms with E-state index in [2.05, 4.69) is 63.5 Å². The molecule has 3 aromatic rings. The van der Waals surface area contributed by atoms with Crippen LogP contribution < -0.4 is 14.5 Å². The Morgan fingerprint density at radius 3 is 2.27 bits per heavy atom. The van der Waals surface area contributed by atoms with Gasteiger partial charge < -0.3 is 29.1 Å². The summed E-state index contributed by atoms with van der Waals surface area (Å²) in [5, 5.41) is 10.3. The molecule has 13 heteroatoms. The largest absolute Gasteiger partial charge is 0.467 e. The Morgan fingerprint density at radius 2 is 1.65 bits per heavy atom. The number of halogens is 1. The highest BCUT2D eigenvalue weighted by atomic mass is 35.5. The first-order valence-electron chi connectivity index (χ1n) is 17.7. The number of amides is 1. The highest BCUT2D eigenvalue weighted by Gasteiger charge is 2.29. The number of carbonyl (C=O) groups is 1. The maximum Gasteiger partial charge on any atom is 0.318 e. The molecule has 3 saturated heterocycles. The number of anilines is 2. The number of piperazine rings is 1. The molecule has 0 aliphatic carbocycles. The van der Waals surface area contributed by atoms with Crippen LogP contribution >= 0.6 is 24.2 Å². The third kappa shape index (κ3) is 11.2. The molecule has 0 atom stereocenters. The molecular weight excluding hydrogens is 684 g/mol. The van der Waals surface area contributed by atoms with Gasteiger partial charge in [-0.3, -0.25) is 9.69 Å². The molecule has 0 N–H and O–H groups in total. The summed E-state index contributed by atoms with van der Waals surface area (Å²) < 4.78 is 10.9. The summed E-state index contributed by atoms with van der Waals surface area (Å²) in [5.74, 6) is 0.993. The van der Waals surface area contributed by atoms with E-state index in [1.54, 1.807) is 25.5 Å². The second-order valence-corrected chi connectivity index (χ2v) is 13.0. The van der Waals surface area contributed by atoms with Crippen molar-refractivity contribution in [2.45, 2.75) is 32.7 Å². The van der Waals surface area contributed by atoms with E-state index >= 15 is 0 Å². The fourth-order valence-electron chi connectivity index (χ4n) is 6.69. The monoisotopic (exact) mass is 736 g/mol. The van der Waals surface area contributed by atoms with Crippen LogP contribution in [-0.2, 0) is 22.5 Å². The fraction of sp³-hybridized carbons (Fsp3) is 0.526. The van der Waals surface area contributed by atoms with Crippen molar-refractivity contribution in [2.24, 2.45) is 0 Å². The molecule has 276 valence electrons. The van der Waals surface area contributed by atoms with E-state index in [1.807, 2.05) is 23.1 Å². The lowest BCUT2D eigenvalue weighted by atomic mass is 10.0. The first-order valence-corrected chi connectivity index (χ1v) is 19.0. The van der Waals surface area contributed by atoms with Crippen LogP contribution in [0.2, 0.25) is 5.02 Å². The third-order valence-electron chi connectivity index (χ3n) is 9.33. The number of nitrogens with zero attached hydrogens (tertiary/aromatic N) is 8. The average Bonchev–Trinajstić information content (AvgIpc) is 3.66. The van der Waals surface area contributed by atoms with E-state index in [1.165, 1.54) is 32.9 Å². The van der Waals surface area contributed by atoms with Gasteiger partial charge >= 0.3 is 6.01 Å². The summed E-state index contributed by atoms with van der Waals surface area (Å²) >= 11 is 10.2. The van der Waals surface area contributed by atoms with Gasteiger partial charge in [-0.25, -0.2) is 0 Å².